The molecule has 0 amide bonds. The fraction of sp³-hybridized carbons (Fsp3) is 0.417. The summed E-state index contributed by atoms with van der Waals surface area (Å²) < 4.78 is 1.70. The number of fused-ring (bicyclic) bond motifs is 1. The predicted octanol–water partition coefficient (Wildman–Crippen LogP) is 0.543. The van der Waals surface area contributed by atoms with Gasteiger partial charge in [0.05, 0.1) is 6.54 Å². The number of H-pyrrole nitrogens is 1. The minimum absolute atomic E-state index is 0.112. The highest BCUT2D eigenvalue weighted by Gasteiger charge is 2.23. The van der Waals surface area contributed by atoms with Crippen LogP contribution in [0.4, 0.5) is 0 Å². The lowest BCUT2D eigenvalue weighted by molar-refractivity contribution is 0.162. The Bertz CT molecular complexity index is 588. The average molecular weight is 245 g/mol. The van der Waals surface area contributed by atoms with Gasteiger partial charge in [-0.2, -0.15) is 5.10 Å². The van der Waals surface area contributed by atoms with E-state index in [0.717, 1.165) is 12.4 Å². The summed E-state index contributed by atoms with van der Waals surface area (Å²) in [5, 5.41) is 6.55. The largest absolute Gasteiger partial charge is 0.343 e. The third-order valence-corrected chi connectivity index (χ3v) is 3.51. The van der Waals surface area contributed by atoms with Crippen molar-refractivity contribution in [1.29, 1.82) is 0 Å². The summed E-state index contributed by atoms with van der Waals surface area (Å²) in [7, 11) is 0. The summed E-state index contributed by atoms with van der Waals surface area (Å²) >= 11 is 0. The van der Waals surface area contributed by atoms with E-state index in [1.165, 1.54) is 5.56 Å². The first-order valence-electron chi connectivity index (χ1n) is 6.04. The minimum atomic E-state index is -0.112. The van der Waals surface area contributed by atoms with Crippen molar-refractivity contribution in [3.05, 3.63) is 46.4 Å². The van der Waals surface area contributed by atoms with Crippen molar-refractivity contribution in [3.8, 4) is 0 Å². The van der Waals surface area contributed by atoms with Gasteiger partial charge in [-0.1, -0.05) is 6.07 Å². The van der Waals surface area contributed by atoms with Gasteiger partial charge in [-0.3, -0.25) is 14.5 Å². The molecule has 0 saturated heterocycles. The van der Waals surface area contributed by atoms with Crippen LogP contribution >= 0.6 is 0 Å². The fourth-order valence-electron chi connectivity index (χ4n) is 2.36. The molecule has 0 bridgehead atoms. The van der Waals surface area contributed by atoms with Gasteiger partial charge in [0, 0.05) is 31.5 Å². The van der Waals surface area contributed by atoms with Crippen molar-refractivity contribution in [3.63, 3.8) is 0 Å². The van der Waals surface area contributed by atoms with Crippen LogP contribution in [-0.2, 0) is 13.1 Å². The highest BCUT2D eigenvalue weighted by Crippen LogP contribution is 2.22. The van der Waals surface area contributed by atoms with Crippen molar-refractivity contribution in [2.24, 2.45) is 0 Å². The Balaban J connectivity index is 1.82. The van der Waals surface area contributed by atoms with Gasteiger partial charge in [0.15, 0.2) is 0 Å². The van der Waals surface area contributed by atoms with Crippen LogP contribution in [0.3, 0.4) is 0 Å². The molecule has 1 atom stereocenters. The standard InChI is InChI=1S/C12H15N5O/c1-9(10-3-2-4-13-7-10)16-5-6-17-11(8-16)14-15-12(17)18/h2-4,7,9H,5-6,8H2,1H3,(H,15,18). The summed E-state index contributed by atoms with van der Waals surface area (Å²) in [4.78, 5) is 17.9. The number of nitrogens with one attached hydrogen (secondary N) is 1. The van der Waals surface area contributed by atoms with E-state index in [4.69, 9.17) is 0 Å². The maximum absolute atomic E-state index is 11.4. The van der Waals surface area contributed by atoms with Gasteiger partial charge in [-0.15, -0.1) is 0 Å². The van der Waals surface area contributed by atoms with Crippen LogP contribution < -0.4 is 5.69 Å². The number of nitrogens with zero attached hydrogens (tertiary/aromatic N) is 4. The fourth-order valence-corrected chi connectivity index (χ4v) is 2.36. The van der Waals surface area contributed by atoms with Gasteiger partial charge in [0.25, 0.3) is 0 Å². The van der Waals surface area contributed by atoms with E-state index in [9.17, 15) is 4.79 Å². The van der Waals surface area contributed by atoms with E-state index in [-0.39, 0.29) is 11.7 Å². The second-order valence-corrected chi connectivity index (χ2v) is 4.53. The molecule has 94 valence electrons. The summed E-state index contributed by atoms with van der Waals surface area (Å²) in [5.74, 6) is 0.807. The van der Waals surface area contributed by atoms with Gasteiger partial charge < -0.3 is 0 Å². The monoisotopic (exact) mass is 245 g/mol. The zero-order chi connectivity index (χ0) is 12.5. The maximum Gasteiger partial charge on any atom is 0.343 e. The third kappa shape index (κ3) is 1.84. The van der Waals surface area contributed by atoms with Crippen LogP contribution in [0.2, 0.25) is 0 Å². The Morgan fingerprint density at radius 1 is 1.44 bits per heavy atom. The Hall–Kier alpha value is -1.95. The third-order valence-electron chi connectivity index (χ3n) is 3.51. The van der Waals surface area contributed by atoms with Gasteiger partial charge >= 0.3 is 5.69 Å². The highest BCUT2D eigenvalue weighted by molar-refractivity contribution is 5.13. The molecule has 18 heavy (non-hydrogen) atoms. The number of hydrogen-bond acceptors (Lipinski definition) is 4. The first-order valence-corrected chi connectivity index (χ1v) is 6.04. The van der Waals surface area contributed by atoms with Crippen molar-refractivity contribution in [2.45, 2.75) is 26.1 Å². The normalized spacial score (nSPS) is 17.4. The molecule has 3 rings (SSSR count). The van der Waals surface area contributed by atoms with Gasteiger partial charge in [-0.25, -0.2) is 9.89 Å². The Labute approximate surface area is 104 Å². The molecule has 6 heteroatoms. The lowest BCUT2D eigenvalue weighted by Gasteiger charge is -2.32. The molecule has 3 heterocycles. The van der Waals surface area contributed by atoms with Crippen molar-refractivity contribution in [1.82, 2.24) is 24.6 Å². The molecule has 0 aromatic carbocycles. The van der Waals surface area contributed by atoms with Crippen LogP contribution in [-0.4, -0.2) is 31.2 Å². The average Bonchev–Trinajstić information content (AvgIpc) is 2.80. The van der Waals surface area contributed by atoms with E-state index in [2.05, 4.69) is 33.1 Å². The van der Waals surface area contributed by atoms with E-state index >= 15 is 0 Å². The van der Waals surface area contributed by atoms with Crippen LogP contribution in [0, 0.1) is 0 Å². The second-order valence-electron chi connectivity index (χ2n) is 4.53. The summed E-state index contributed by atoms with van der Waals surface area (Å²) in [6, 6.07) is 4.30. The molecule has 2 aromatic rings. The molecule has 0 aliphatic carbocycles. The molecule has 0 fully saturated rings. The molecule has 0 radical (unpaired) electrons. The predicted molar refractivity (Wildman–Crippen MR) is 65.9 cm³/mol. The smallest absolute Gasteiger partial charge is 0.287 e. The summed E-state index contributed by atoms with van der Waals surface area (Å²) in [6.45, 7) is 4.38. The van der Waals surface area contributed by atoms with Crippen molar-refractivity contribution in [2.75, 3.05) is 6.54 Å². The first kappa shape index (κ1) is 11.2. The number of aromatic amines is 1. The number of hydrogen-bond donors (Lipinski definition) is 1. The lowest BCUT2D eigenvalue weighted by atomic mass is 10.1. The Kier molecular flexibility index (Phi) is 2.71. The summed E-state index contributed by atoms with van der Waals surface area (Å²) in [5.41, 5.74) is 1.07. The Morgan fingerprint density at radius 2 is 2.33 bits per heavy atom. The molecule has 0 spiro atoms. The van der Waals surface area contributed by atoms with Crippen LogP contribution in [0.1, 0.15) is 24.4 Å². The Morgan fingerprint density at radius 3 is 3.11 bits per heavy atom. The quantitative estimate of drug-likeness (QED) is 0.838. The molecule has 1 aliphatic heterocycles. The molecule has 1 unspecified atom stereocenters. The molecule has 2 aromatic heterocycles. The van der Waals surface area contributed by atoms with Crippen molar-refractivity contribution < 1.29 is 0 Å². The number of pyridine rings is 1. The van der Waals surface area contributed by atoms with Crippen molar-refractivity contribution >= 4 is 0 Å². The van der Waals surface area contributed by atoms with Gasteiger partial charge in [0.2, 0.25) is 0 Å². The molecule has 1 N–H and O–H groups in total. The first-order chi connectivity index (χ1) is 8.75. The summed E-state index contributed by atoms with van der Waals surface area (Å²) in [6.07, 6.45) is 3.66. The molecular formula is C12H15N5O. The maximum atomic E-state index is 11.4. The molecule has 6 nitrogen and oxygen atoms in total. The zero-order valence-electron chi connectivity index (χ0n) is 10.2. The SMILES string of the molecule is CC(c1cccnc1)N1CCn2c(n[nH]c2=O)C1. The molecular weight excluding hydrogens is 230 g/mol. The van der Waals surface area contributed by atoms with Crippen LogP contribution in [0.15, 0.2) is 29.3 Å². The zero-order valence-corrected chi connectivity index (χ0v) is 10.2. The molecule has 0 saturated carbocycles. The number of rotatable bonds is 2. The van der Waals surface area contributed by atoms with E-state index in [1.807, 2.05) is 12.3 Å². The highest BCUT2D eigenvalue weighted by atomic mass is 16.1. The minimum Gasteiger partial charge on any atom is -0.287 e. The van der Waals surface area contributed by atoms with Crippen LogP contribution in [0.25, 0.3) is 0 Å². The number of aromatic nitrogens is 4. The lowest BCUT2D eigenvalue weighted by Crippen LogP contribution is -2.38. The van der Waals surface area contributed by atoms with E-state index in [1.54, 1.807) is 10.8 Å². The van der Waals surface area contributed by atoms with Gasteiger partial charge in [0.1, 0.15) is 5.82 Å². The topological polar surface area (TPSA) is 66.8 Å². The van der Waals surface area contributed by atoms with E-state index in [0.29, 0.717) is 13.1 Å². The van der Waals surface area contributed by atoms with E-state index < -0.39 is 0 Å². The molecule has 1 aliphatic rings. The van der Waals surface area contributed by atoms with Crippen LogP contribution in [0.5, 0.6) is 0 Å². The van der Waals surface area contributed by atoms with Gasteiger partial charge in [-0.05, 0) is 18.6 Å². The second kappa shape index (κ2) is 4.38.